The standard InChI is InChI=1S/C11H14BrNO2/c1-8(15)9-2-3-10(11(12)6-9)7-13-4-5-14/h2-3,6,13-14H,4-5,7H2,1H3. The van der Waals surface area contributed by atoms with Crippen LogP contribution in [0.3, 0.4) is 0 Å². The van der Waals surface area contributed by atoms with E-state index in [1.165, 1.54) is 0 Å². The highest BCUT2D eigenvalue weighted by molar-refractivity contribution is 9.10. The fraction of sp³-hybridized carbons (Fsp3) is 0.364. The Morgan fingerprint density at radius 1 is 1.53 bits per heavy atom. The van der Waals surface area contributed by atoms with Crippen molar-refractivity contribution in [1.82, 2.24) is 5.32 Å². The highest BCUT2D eigenvalue weighted by atomic mass is 79.9. The summed E-state index contributed by atoms with van der Waals surface area (Å²) in [7, 11) is 0. The molecule has 3 nitrogen and oxygen atoms in total. The Morgan fingerprint density at radius 3 is 2.80 bits per heavy atom. The molecule has 82 valence electrons. The van der Waals surface area contributed by atoms with Crippen molar-refractivity contribution in [1.29, 1.82) is 0 Å². The Bertz CT molecular complexity index is 352. The second-order valence-electron chi connectivity index (χ2n) is 3.26. The van der Waals surface area contributed by atoms with Crippen LogP contribution in [0.4, 0.5) is 0 Å². The fourth-order valence-corrected chi connectivity index (χ4v) is 1.73. The Labute approximate surface area is 97.6 Å². The largest absolute Gasteiger partial charge is 0.395 e. The molecule has 1 rings (SSSR count). The molecule has 1 aromatic rings. The summed E-state index contributed by atoms with van der Waals surface area (Å²) in [6.45, 7) is 2.93. The smallest absolute Gasteiger partial charge is 0.159 e. The molecule has 4 heteroatoms. The Morgan fingerprint density at radius 2 is 2.27 bits per heavy atom. The van der Waals surface area contributed by atoms with Crippen molar-refractivity contribution in [3.8, 4) is 0 Å². The molecule has 0 aromatic heterocycles. The van der Waals surface area contributed by atoms with Crippen LogP contribution in [0.2, 0.25) is 0 Å². The number of carbonyl (C=O) groups is 1. The van der Waals surface area contributed by atoms with E-state index < -0.39 is 0 Å². The van der Waals surface area contributed by atoms with E-state index in [1.54, 1.807) is 6.92 Å². The molecule has 2 N–H and O–H groups in total. The summed E-state index contributed by atoms with van der Waals surface area (Å²) in [5, 5.41) is 11.7. The van der Waals surface area contributed by atoms with Gasteiger partial charge >= 0.3 is 0 Å². The van der Waals surface area contributed by atoms with Crippen LogP contribution < -0.4 is 5.32 Å². The third-order valence-corrected chi connectivity index (χ3v) is 2.80. The fourth-order valence-electron chi connectivity index (χ4n) is 1.21. The van der Waals surface area contributed by atoms with E-state index in [-0.39, 0.29) is 12.4 Å². The maximum absolute atomic E-state index is 11.1. The summed E-state index contributed by atoms with van der Waals surface area (Å²) in [4.78, 5) is 11.1. The van der Waals surface area contributed by atoms with Crippen LogP contribution in [0, 0.1) is 0 Å². The van der Waals surface area contributed by atoms with Gasteiger partial charge in [-0.15, -0.1) is 0 Å². The van der Waals surface area contributed by atoms with Crippen LogP contribution in [0.1, 0.15) is 22.8 Å². The minimum atomic E-state index is 0.0607. The average molecular weight is 272 g/mol. The van der Waals surface area contributed by atoms with Crippen molar-refractivity contribution in [2.24, 2.45) is 0 Å². The molecule has 1 aromatic carbocycles. The SMILES string of the molecule is CC(=O)c1ccc(CNCCO)c(Br)c1. The average Bonchev–Trinajstić information content (AvgIpc) is 2.20. The van der Waals surface area contributed by atoms with Crippen molar-refractivity contribution < 1.29 is 9.90 Å². The summed E-state index contributed by atoms with van der Waals surface area (Å²) in [6, 6.07) is 5.53. The van der Waals surface area contributed by atoms with Crippen LogP contribution in [0.5, 0.6) is 0 Å². The van der Waals surface area contributed by atoms with Gasteiger partial charge in [0.2, 0.25) is 0 Å². The number of nitrogens with one attached hydrogen (secondary N) is 1. The van der Waals surface area contributed by atoms with Gasteiger partial charge in [-0.1, -0.05) is 28.1 Å². The van der Waals surface area contributed by atoms with Crippen molar-refractivity contribution in [3.63, 3.8) is 0 Å². The van der Waals surface area contributed by atoms with E-state index >= 15 is 0 Å². The Hall–Kier alpha value is -0.710. The van der Waals surface area contributed by atoms with Gasteiger partial charge in [-0.25, -0.2) is 0 Å². The van der Waals surface area contributed by atoms with Gasteiger partial charge in [0.1, 0.15) is 0 Å². The molecular weight excluding hydrogens is 258 g/mol. The molecule has 0 aliphatic rings. The first kappa shape index (κ1) is 12.4. The molecule has 0 aliphatic heterocycles. The van der Waals surface area contributed by atoms with Gasteiger partial charge in [0, 0.05) is 23.1 Å². The molecule has 0 spiro atoms. The number of Topliss-reactive ketones (excluding diaryl/α,β-unsaturated/α-hetero) is 1. The number of rotatable bonds is 5. The number of hydrogen-bond acceptors (Lipinski definition) is 3. The van der Waals surface area contributed by atoms with Gasteiger partial charge in [-0.05, 0) is 18.6 Å². The maximum Gasteiger partial charge on any atom is 0.159 e. The monoisotopic (exact) mass is 271 g/mol. The molecule has 0 amide bonds. The Kier molecular flexibility index (Phi) is 4.94. The third-order valence-electron chi connectivity index (χ3n) is 2.06. The topological polar surface area (TPSA) is 49.3 Å². The molecule has 0 heterocycles. The van der Waals surface area contributed by atoms with Crippen LogP contribution in [-0.2, 0) is 6.54 Å². The van der Waals surface area contributed by atoms with E-state index in [2.05, 4.69) is 21.2 Å². The minimum Gasteiger partial charge on any atom is -0.395 e. The van der Waals surface area contributed by atoms with E-state index in [9.17, 15) is 4.79 Å². The third kappa shape index (κ3) is 3.74. The first-order chi connectivity index (χ1) is 7.15. The number of aliphatic hydroxyl groups excluding tert-OH is 1. The minimum absolute atomic E-state index is 0.0607. The van der Waals surface area contributed by atoms with Crippen molar-refractivity contribution >= 4 is 21.7 Å². The lowest BCUT2D eigenvalue weighted by Crippen LogP contribution is -2.17. The molecule has 0 saturated heterocycles. The van der Waals surface area contributed by atoms with Gasteiger partial charge in [0.15, 0.2) is 5.78 Å². The first-order valence-electron chi connectivity index (χ1n) is 4.76. The second kappa shape index (κ2) is 6.00. The van der Waals surface area contributed by atoms with Gasteiger partial charge in [0.05, 0.1) is 6.61 Å². The molecular formula is C11H14BrNO2. The van der Waals surface area contributed by atoms with Crippen molar-refractivity contribution in [3.05, 3.63) is 33.8 Å². The summed E-state index contributed by atoms with van der Waals surface area (Å²) in [5.41, 5.74) is 1.78. The number of benzene rings is 1. The second-order valence-corrected chi connectivity index (χ2v) is 4.12. The zero-order valence-electron chi connectivity index (χ0n) is 8.59. The molecule has 0 unspecified atom stereocenters. The maximum atomic E-state index is 11.1. The molecule has 15 heavy (non-hydrogen) atoms. The van der Waals surface area contributed by atoms with Crippen LogP contribution in [0.15, 0.2) is 22.7 Å². The summed E-state index contributed by atoms with van der Waals surface area (Å²) in [5.74, 6) is 0.0607. The van der Waals surface area contributed by atoms with Gasteiger partial charge in [-0.3, -0.25) is 4.79 Å². The predicted molar refractivity (Wildman–Crippen MR) is 62.9 cm³/mol. The molecule has 0 bridgehead atoms. The van der Waals surface area contributed by atoms with Crippen LogP contribution >= 0.6 is 15.9 Å². The number of halogens is 1. The van der Waals surface area contributed by atoms with E-state index in [4.69, 9.17) is 5.11 Å². The van der Waals surface area contributed by atoms with Crippen molar-refractivity contribution in [2.75, 3.05) is 13.2 Å². The lowest BCUT2D eigenvalue weighted by Gasteiger charge is -2.06. The van der Waals surface area contributed by atoms with Crippen LogP contribution in [-0.4, -0.2) is 24.0 Å². The summed E-state index contributed by atoms with van der Waals surface area (Å²) < 4.78 is 0.917. The molecule has 0 saturated carbocycles. The lowest BCUT2D eigenvalue weighted by atomic mass is 10.1. The highest BCUT2D eigenvalue weighted by Gasteiger charge is 2.03. The molecule has 0 atom stereocenters. The Balaban J connectivity index is 2.70. The lowest BCUT2D eigenvalue weighted by molar-refractivity contribution is 0.101. The number of carbonyl (C=O) groups excluding carboxylic acids is 1. The zero-order valence-corrected chi connectivity index (χ0v) is 10.2. The highest BCUT2D eigenvalue weighted by Crippen LogP contribution is 2.18. The molecule has 0 aliphatic carbocycles. The number of ketones is 1. The van der Waals surface area contributed by atoms with Crippen molar-refractivity contribution in [2.45, 2.75) is 13.5 Å². The number of hydrogen-bond donors (Lipinski definition) is 2. The summed E-state index contributed by atoms with van der Waals surface area (Å²) >= 11 is 3.41. The predicted octanol–water partition coefficient (Wildman–Crippen LogP) is 1.73. The molecule has 0 radical (unpaired) electrons. The van der Waals surface area contributed by atoms with Gasteiger partial charge in [-0.2, -0.15) is 0 Å². The normalized spacial score (nSPS) is 10.3. The first-order valence-corrected chi connectivity index (χ1v) is 5.55. The van der Waals surface area contributed by atoms with Crippen LogP contribution in [0.25, 0.3) is 0 Å². The van der Waals surface area contributed by atoms with E-state index in [1.807, 2.05) is 18.2 Å². The zero-order chi connectivity index (χ0) is 11.3. The van der Waals surface area contributed by atoms with Gasteiger partial charge < -0.3 is 10.4 Å². The summed E-state index contributed by atoms with van der Waals surface area (Å²) in [6.07, 6.45) is 0. The quantitative estimate of drug-likeness (QED) is 0.634. The van der Waals surface area contributed by atoms with E-state index in [0.29, 0.717) is 18.7 Å². The molecule has 0 fully saturated rings. The number of aliphatic hydroxyl groups is 1. The van der Waals surface area contributed by atoms with Gasteiger partial charge in [0.25, 0.3) is 0 Å². The van der Waals surface area contributed by atoms with E-state index in [0.717, 1.165) is 10.0 Å².